The highest BCUT2D eigenvalue weighted by atomic mass is 32.2. The first-order valence-corrected chi connectivity index (χ1v) is 15.1. The highest BCUT2D eigenvalue weighted by molar-refractivity contribution is 7.86. The molecule has 0 amide bonds. The van der Waals surface area contributed by atoms with Crippen LogP contribution >= 0.6 is 0 Å². The van der Waals surface area contributed by atoms with Gasteiger partial charge in [-0.25, -0.2) is 0 Å². The van der Waals surface area contributed by atoms with Gasteiger partial charge in [-0.3, -0.25) is 4.18 Å². The second-order valence-corrected chi connectivity index (χ2v) is 11.1. The molecule has 1 aromatic rings. The van der Waals surface area contributed by atoms with Crippen LogP contribution in [-0.4, -0.2) is 15.0 Å². The lowest BCUT2D eigenvalue weighted by atomic mass is 10.1. The zero-order valence-corrected chi connectivity index (χ0v) is 22.3. The van der Waals surface area contributed by atoms with E-state index in [1.54, 1.807) is 24.3 Å². The van der Waals surface area contributed by atoms with Crippen LogP contribution in [0.2, 0.25) is 0 Å². The number of benzene rings is 1. The molecule has 0 saturated heterocycles. The van der Waals surface area contributed by atoms with E-state index < -0.39 is 10.1 Å². The van der Waals surface area contributed by atoms with Gasteiger partial charge in [0.2, 0.25) is 0 Å². The van der Waals surface area contributed by atoms with E-state index in [2.05, 4.69) is 19.1 Å². The van der Waals surface area contributed by atoms with Gasteiger partial charge in [0.15, 0.2) is 0 Å². The summed E-state index contributed by atoms with van der Waals surface area (Å²) in [6, 6.07) is 6.81. The Labute approximate surface area is 205 Å². The predicted octanol–water partition coefficient (Wildman–Crippen LogP) is 9.30. The second-order valence-electron chi connectivity index (χ2n) is 9.44. The Hall–Kier alpha value is -1.13. The van der Waals surface area contributed by atoms with Crippen LogP contribution in [0.1, 0.15) is 128 Å². The third-order valence-electron chi connectivity index (χ3n) is 6.20. The van der Waals surface area contributed by atoms with E-state index in [1.165, 1.54) is 96.3 Å². The van der Waals surface area contributed by atoms with Gasteiger partial charge in [0.25, 0.3) is 10.1 Å². The molecule has 0 aliphatic rings. The standard InChI is InChI=1S/C29H50O3S/c1-3-4-5-6-7-8-9-10-11-12-13-14-15-16-17-18-19-20-21-22-27-32-33(30,31)29-25-23-28(2)24-26-29/h10-11,23-26H,3-9,12-22,27H2,1-2H3. The molecule has 0 aromatic heterocycles. The van der Waals surface area contributed by atoms with E-state index in [1.807, 2.05) is 6.92 Å². The van der Waals surface area contributed by atoms with Crippen molar-refractivity contribution in [3.63, 3.8) is 0 Å². The molecule has 0 fully saturated rings. The van der Waals surface area contributed by atoms with E-state index in [-0.39, 0.29) is 11.5 Å². The van der Waals surface area contributed by atoms with Gasteiger partial charge in [0, 0.05) is 0 Å². The minimum atomic E-state index is -3.61. The van der Waals surface area contributed by atoms with Gasteiger partial charge in [-0.15, -0.1) is 0 Å². The number of hydrogen-bond donors (Lipinski definition) is 0. The number of aryl methyl sites for hydroxylation is 1. The van der Waals surface area contributed by atoms with Gasteiger partial charge in [-0.05, 0) is 51.2 Å². The molecule has 4 heteroatoms. The average molecular weight is 479 g/mol. The summed E-state index contributed by atoms with van der Waals surface area (Å²) in [4.78, 5) is 0.247. The first kappa shape index (κ1) is 29.9. The maximum absolute atomic E-state index is 12.1. The third-order valence-corrected chi connectivity index (χ3v) is 7.53. The Bertz CT molecular complexity index is 692. The molecule has 0 heterocycles. The lowest BCUT2D eigenvalue weighted by molar-refractivity contribution is 0.306. The van der Waals surface area contributed by atoms with Crippen LogP contribution in [0.3, 0.4) is 0 Å². The van der Waals surface area contributed by atoms with Gasteiger partial charge in [0.05, 0.1) is 11.5 Å². The normalized spacial score (nSPS) is 12.1. The Morgan fingerprint density at radius 1 is 0.636 bits per heavy atom. The molecule has 3 nitrogen and oxygen atoms in total. The highest BCUT2D eigenvalue weighted by Gasteiger charge is 2.14. The lowest BCUT2D eigenvalue weighted by Gasteiger charge is -2.06. The van der Waals surface area contributed by atoms with Crippen molar-refractivity contribution in [2.24, 2.45) is 0 Å². The smallest absolute Gasteiger partial charge is 0.266 e. The first-order chi connectivity index (χ1) is 16.1. The molecule has 190 valence electrons. The fourth-order valence-corrected chi connectivity index (χ4v) is 4.94. The van der Waals surface area contributed by atoms with Crippen molar-refractivity contribution in [3.05, 3.63) is 42.0 Å². The average Bonchev–Trinajstić information content (AvgIpc) is 2.80. The molecule has 0 spiro atoms. The van der Waals surface area contributed by atoms with Crippen LogP contribution in [0, 0.1) is 6.92 Å². The predicted molar refractivity (Wildman–Crippen MR) is 142 cm³/mol. The SMILES string of the molecule is CCCCCCCCC=CCCCCCCCCCCCCOS(=O)(=O)c1ccc(C)cc1. The fourth-order valence-electron chi connectivity index (χ4n) is 4.00. The van der Waals surface area contributed by atoms with Crippen molar-refractivity contribution in [2.75, 3.05) is 6.61 Å². The number of allylic oxidation sites excluding steroid dienone is 2. The lowest BCUT2D eigenvalue weighted by Crippen LogP contribution is -2.07. The summed E-state index contributed by atoms with van der Waals surface area (Å²) in [6.45, 7) is 4.49. The largest absolute Gasteiger partial charge is 0.296 e. The minimum absolute atomic E-state index is 0.247. The number of rotatable bonds is 22. The van der Waals surface area contributed by atoms with Crippen molar-refractivity contribution < 1.29 is 12.6 Å². The molecule has 0 N–H and O–H groups in total. The number of hydrogen-bond acceptors (Lipinski definition) is 3. The van der Waals surface area contributed by atoms with Crippen LogP contribution in [0.15, 0.2) is 41.3 Å². The molecule has 0 aliphatic heterocycles. The monoisotopic (exact) mass is 478 g/mol. The van der Waals surface area contributed by atoms with E-state index in [0.29, 0.717) is 0 Å². The van der Waals surface area contributed by atoms with Gasteiger partial charge >= 0.3 is 0 Å². The molecule has 0 bridgehead atoms. The Kier molecular flexibility index (Phi) is 18.4. The highest BCUT2D eigenvalue weighted by Crippen LogP contribution is 2.15. The van der Waals surface area contributed by atoms with Gasteiger partial charge in [-0.1, -0.05) is 120 Å². The molecule has 1 aromatic carbocycles. The van der Waals surface area contributed by atoms with Crippen LogP contribution in [0.4, 0.5) is 0 Å². The topological polar surface area (TPSA) is 43.4 Å². The molecular formula is C29H50O3S. The number of unbranched alkanes of at least 4 members (excludes halogenated alkanes) is 16. The summed E-state index contributed by atoms with van der Waals surface area (Å²) < 4.78 is 29.4. The summed E-state index contributed by atoms with van der Waals surface area (Å²) in [6.07, 6.45) is 27.9. The van der Waals surface area contributed by atoms with E-state index in [9.17, 15) is 8.42 Å². The fraction of sp³-hybridized carbons (Fsp3) is 0.724. The van der Waals surface area contributed by atoms with Gasteiger partial charge in [-0.2, -0.15) is 8.42 Å². The molecular weight excluding hydrogens is 428 g/mol. The minimum Gasteiger partial charge on any atom is -0.266 e. The molecule has 0 unspecified atom stereocenters. The van der Waals surface area contributed by atoms with Gasteiger partial charge < -0.3 is 0 Å². The Balaban J connectivity index is 1.82. The molecule has 0 saturated carbocycles. The Morgan fingerprint density at radius 3 is 1.55 bits per heavy atom. The maximum atomic E-state index is 12.1. The zero-order chi connectivity index (χ0) is 24.0. The van der Waals surface area contributed by atoms with Crippen LogP contribution in [-0.2, 0) is 14.3 Å². The van der Waals surface area contributed by atoms with Crippen molar-refractivity contribution in [3.8, 4) is 0 Å². The van der Waals surface area contributed by atoms with Crippen LogP contribution in [0.25, 0.3) is 0 Å². The molecule has 1 rings (SSSR count). The van der Waals surface area contributed by atoms with E-state index in [0.717, 1.165) is 24.8 Å². The summed E-state index contributed by atoms with van der Waals surface area (Å²) in [5.41, 5.74) is 1.04. The Morgan fingerprint density at radius 2 is 1.06 bits per heavy atom. The van der Waals surface area contributed by atoms with Crippen molar-refractivity contribution in [2.45, 2.75) is 134 Å². The summed E-state index contributed by atoms with van der Waals surface area (Å²) in [5.74, 6) is 0. The van der Waals surface area contributed by atoms with Crippen molar-refractivity contribution in [1.29, 1.82) is 0 Å². The van der Waals surface area contributed by atoms with E-state index in [4.69, 9.17) is 4.18 Å². The van der Waals surface area contributed by atoms with Gasteiger partial charge in [0.1, 0.15) is 0 Å². The second kappa shape index (κ2) is 20.3. The van der Waals surface area contributed by atoms with Crippen LogP contribution in [0.5, 0.6) is 0 Å². The maximum Gasteiger partial charge on any atom is 0.296 e. The quantitative estimate of drug-likeness (QED) is 0.0947. The molecule has 0 aliphatic carbocycles. The van der Waals surface area contributed by atoms with Crippen LogP contribution < -0.4 is 0 Å². The summed E-state index contributed by atoms with van der Waals surface area (Å²) in [7, 11) is -3.61. The van der Waals surface area contributed by atoms with Crippen molar-refractivity contribution >= 4 is 10.1 Å². The third kappa shape index (κ3) is 17.0. The molecule has 33 heavy (non-hydrogen) atoms. The molecule has 0 atom stereocenters. The summed E-state index contributed by atoms with van der Waals surface area (Å²) >= 11 is 0. The summed E-state index contributed by atoms with van der Waals surface area (Å²) in [5, 5.41) is 0. The zero-order valence-electron chi connectivity index (χ0n) is 21.5. The van der Waals surface area contributed by atoms with Crippen molar-refractivity contribution in [1.82, 2.24) is 0 Å². The first-order valence-electron chi connectivity index (χ1n) is 13.7. The molecule has 0 radical (unpaired) electrons. The van der Waals surface area contributed by atoms with E-state index >= 15 is 0 Å².